The van der Waals surface area contributed by atoms with E-state index in [0.29, 0.717) is 12.1 Å². The summed E-state index contributed by atoms with van der Waals surface area (Å²) in [6.45, 7) is 3.78. The second-order valence-electron chi connectivity index (χ2n) is 7.42. The molecule has 1 aliphatic heterocycles. The summed E-state index contributed by atoms with van der Waals surface area (Å²) in [5, 5.41) is 2.65. The highest BCUT2D eigenvalue weighted by atomic mass is 19.1. The van der Waals surface area contributed by atoms with Gasteiger partial charge in [0.05, 0.1) is 0 Å². The fourth-order valence-electron chi connectivity index (χ4n) is 4.08. The van der Waals surface area contributed by atoms with Crippen molar-refractivity contribution in [1.82, 2.24) is 15.1 Å². The minimum Gasteiger partial charge on any atom is -0.338 e. The fraction of sp³-hybridized carbons (Fsp3) is 0.550. The summed E-state index contributed by atoms with van der Waals surface area (Å²) in [4.78, 5) is 40.9. The number of likely N-dealkylation sites (N-methyl/N-ethyl adjacent to an activating group) is 1. The summed E-state index contributed by atoms with van der Waals surface area (Å²) in [7, 11) is 0. The number of halogens is 1. The first-order chi connectivity index (χ1) is 12.9. The highest BCUT2D eigenvalue weighted by Crippen LogP contribution is 2.29. The van der Waals surface area contributed by atoms with E-state index in [9.17, 15) is 18.8 Å². The van der Waals surface area contributed by atoms with Crippen LogP contribution in [-0.2, 0) is 15.1 Å². The zero-order valence-corrected chi connectivity index (χ0v) is 15.8. The van der Waals surface area contributed by atoms with E-state index < -0.39 is 23.3 Å². The number of urea groups is 1. The van der Waals surface area contributed by atoms with Gasteiger partial charge in [-0.05, 0) is 44.4 Å². The number of amides is 4. The summed E-state index contributed by atoms with van der Waals surface area (Å²) in [5.41, 5.74) is -0.815. The number of benzene rings is 1. The van der Waals surface area contributed by atoms with Crippen LogP contribution in [-0.4, -0.2) is 46.8 Å². The van der Waals surface area contributed by atoms with Crippen LogP contribution >= 0.6 is 0 Å². The number of carbonyl (C=O) groups excluding carboxylic acids is 3. The third kappa shape index (κ3) is 3.68. The van der Waals surface area contributed by atoms with Crippen molar-refractivity contribution >= 4 is 17.8 Å². The van der Waals surface area contributed by atoms with E-state index in [0.717, 1.165) is 30.6 Å². The largest absolute Gasteiger partial charge is 0.338 e. The highest BCUT2D eigenvalue weighted by molar-refractivity contribution is 6.09. The molecule has 3 rings (SSSR count). The lowest BCUT2D eigenvalue weighted by molar-refractivity contribution is -0.140. The molecule has 1 aliphatic carbocycles. The first-order valence-corrected chi connectivity index (χ1v) is 9.56. The monoisotopic (exact) mass is 375 g/mol. The maximum absolute atomic E-state index is 13.2. The molecule has 0 spiro atoms. The number of rotatable bonds is 5. The molecule has 1 aromatic carbocycles. The van der Waals surface area contributed by atoms with Crippen molar-refractivity contribution in [2.24, 2.45) is 0 Å². The van der Waals surface area contributed by atoms with Crippen LogP contribution in [0.3, 0.4) is 0 Å². The summed E-state index contributed by atoms with van der Waals surface area (Å²) in [5.74, 6) is -1.12. The van der Waals surface area contributed by atoms with Crippen molar-refractivity contribution < 1.29 is 18.8 Å². The van der Waals surface area contributed by atoms with Crippen molar-refractivity contribution in [2.45, 2.75) is 57.5 Å². The first-order valence-electron chi connectivity index (χ1n) is 9.56. The molecule has 1 atom stereocenters. The SMILES string of the molecule is CCN(C(=O)CN1C(=O)N[C@](C)(c2ccc(F)cc2)C1=O)C1CCCCC1. The summed E-state index contributed by atoms with van der Waals surface area (Å²) >= 11 is 0. The Hall–Kier alpha value is -2.44. The van der Waals surface area contributed by atoms with Gasteiger partial charge in [-0.25, -0.2) is 9.18 Å². The van der Waals surface area contributed by atoms with Crippen LogP contribution in [0, 0.1) is 5.82 Å². The number of imide groups is 1. The Morgan fingerprint density at radius 1 is 1.22 bits per heavy atom. The highest BCUT2D eigenvalue weighted by Gasteiger charge is 2.49. The molecule has 7 heteroatoms. The van der Waals surface area contributed by atoms with Crippen molar-refractivity contribution in [3.8, 4) is 0 Å². The van der Waals surface area contributed by atoms with Crippen molar-refractivity contribution in [3.05, 3.63) is 35.6 Å². The number of nitrogens with zero attached hydrogens (tertiary/aromatic N) is 2. The van der Waals surface area contributed by atoms with E-state index in [2.05, 4.69) is 5.32 Å². The van der Waals surface area contributed by atoms with E-state index >= 15 is 0 Å². The zero-order chi connectivity index (χ0) is 19.6. The van der Waals surface area contributed by atoms with Gasteiger partial charge in [0.25, 0.3) is 5.91 Å². The molecular weight excluding hydrogens is 349 g/mol. The molecule has 1 N–H and O–H groups in total. The quantitative estimate of drug-likeness (QED) is 0.805. The Kier molecular flexibility index (Phi) is 5.48. The van der Waals surface area contributed by atoms with Crippen molar-refractivity contribution in [3.63, 3.8) is 0 Å². The molecule has 146 valence electrons. The molecule has 1 aromatic rings. The predicted octanol–water partition coefficient (Wildman–Crippen LogP) is 2.77. The molecule has 6 nitrogen and oxygen atoms in total. The number of hydrogen-bond acceptors (Lipinski definition) is 3. The average molecular weight is 375 g/mol. The Balaban J connectivity index is 1.74. The Morgan fingerprint density at radius 3 is 2.44 bits per heavy atom. The van der Waals surface area contributed by atoms with Crippen LogP contribution in [0.4, 0.5) is 9.18 Å². The molecule has 0 unspecified atom stereocenters. The normalized spacial score (nSPS) is 23.4. The minimum absolute atomic E-state index is 0.181. The Morgan fingerprint density at radius 2 is 1.85 bits per heavy atom. The van der Waals surface area contributed by atoms with E-state index in [1.807, 2.05) is 6.92 Å². The van der Waals surface area contributed by atoms with Gasteiger partial charge >= 0.3 is 6.03 Å². The molecule has 1 saturated heterocycles. The minimum atomic E-state index is -1.30. The third-order valence-electron chi connectivity index (χ3n) is 5.67. The topological polar surface area (TPSA) is 69.7 Å². The Labute approximate surface area is 158 Å². The molecule has 0 radical (unpaired) electrons. The average Bonchev–Trinajstić information content (AvgIpc) is 2.88. The van der Waals surface area contributed by atoms with Crippen LogP contribution < -0.4 is 5.32 Å². The lowest BCUT2D eigenvalue weighted by Crippen LogP contribution is -2.48. The number of hydrogen-bond donors (Lipinski definition) is 1. The maximum Gasteiger partial charge on any atom is 0.325 e. The Bertz CT molecular complexity index is 730. The maximum atomic E-state index is 13.2. The summed E-state index contributed by atoms with van der Waals surface area (Å²) in [6, 6.07) is 5.02. The zero-order valence-electron chi connectivity index (χ0n) is 15.8. The third-order valence-corrected chi connectivity index (χ3v) is 5.67. The van der Waals surface area contributed by atoms with E-state index in [-0.39, 0.29) is 18.5 Å². The summed E-state index contributed by atoms with van der Waals surface area (Å²) < 4.78 is 13.2. The van der Waals surface area contributed by atoms with E-state index in [1.165, 1.54) is 30.7 Å². The smallest absolute Gasteiger partial charge is 0.325 e. The van der Waals surface area contributed by atoms with E-state index in [4.69, 9.17) is 0 Å². The van der Waals surface area contributed by atoms with Crippen LogP contribution in [0.5, 0.6) is 0 Å². The molecule has 2 aliphatic rings. The van der Waals surface area contributed by atoms with Gasteiger partial charge in [-0.3, -0.25) is 14.5 Å². The second kappa shape index (κ2) is 7.66. The molecule has 1 saturated carbocycles. The van der Waals surface area contributed by atoms with Gasteiger partial charge in [0.1, 0.15) is 17.9 Å². The summed E-state index contributed by atoms with van der Waals surface area (Å²) in [6.07, 6.45) is 5.31. The van der Waals surface area contributed by atoms with Gasteiger partial charge in [-0.15, -0.1) is 0 Å². The molecule has 2 fully saturated rings. The van der Waals surface area contributed by atoms with Gasteiger partial charge in [0, 0.05) is 12.6 Å². The lowest BCUT2D eigenvalue weighted by Gasteiger charge is -2.34. The standard InChI is InChI=1S/C20H26FN3O3/c1-3-23(16-7-5-4-6-8-16)17(25)13-24-18(26)20(2,22-19(24)27)14-9-11-15(21)12-10-14/h9-12,16H,3-8,13H2,1-2H3,(H,22,27)/t20-/m1/s1. The van der Waals surface area contributed by atoms with Crippen LogP contribution in [0.1, 0.15) is 51.5 Å². The number of nitrogens with one attached hydrogen (secondary N) is 1. The molecule has 1 heterocycles. The molecule has 0 bridgehead atoms. The lowest BCUT2D eigenvalue weighted by atomic mass is 9.92. The molecule has 0 aromatic heterocycles. The molecular formula is C20H26FN3O3. The molecule has 4 amide bonds. The van der Waals surface area contributed by atoms with E-state index in [1.54, 1.807) is 11.8 Å². The van der Waals surface area contributed by atoms with Gasteiger partial charge in [0.2, 0.25) is 5.91 Å². The molecule has 27 heavy (non-hydrogen) atoms. The number of carbonyl (C=O) groups is 3. The first kappa shape index (κ1) is 19.3. The van der Waals surface area contributed by atoms with Gasteiger partial charge in [-0.2, -0.15) is 0 Å². The van der Waals surface area contributed by atoms with Crippen molar-refractivity contribution in [1.29, 1.82) is 0 Å². The van der Waals surface area contributed by atoms with Crippen LogP contribution in [0.2, 0.25) is 0 Å². The fourth-order valence-corrected chi connectivity index (χ4v) is 4.08. The van der Waals surface area contributed by atoms with Crippen LogP contribution in [0.25, 0.3) is 0 Å². The van der Waals surface area contributed by atoms with Gasteiger partial charge < -0.3 is 10.2 Å². The van der Waals surface area contributed by atoms with Gasteiger partial charge in [0.15, 0.2) is 0 Å². The predicted molar refractivity (Wildman–Crippen MR) is 98.3 cm³/mol. The second-order valence-corrected chi connectivity index (χ2v) is 7.42. The van der Waals surface area contributed by atoms with Gasteiger partial charge in [-0.1, -0.05) is 31.4 Å². The van der Waals surface area contributed by atoms with Crippen molar-refractivity contribution in [2.75, 3.05) is 13.1 Å². The van der Waals surface area contributed by atoms with Crippen LogP contribution in [0.15, 0.2) is 24.3 Å².